The normalized spacial score (nSPS) is 18.0. The van der Waals surface area contributed by atoms with Gasteiger partial charge in [0, 0.05) is 24.7 Å². The minimum atomic E-state index is -0.330. The van der Waals surface area contributed by atoms with Gasteiger partial charge in [-0.2, -0.15) is 5.10 Å². The summed E-state index contributed by atoms with van der Waals surface area (Å²) < 4.78 is 35.3. The van der Waals surface area contributed by atoms with E-state index in [0.29, 0.717) is 23.6 Å². The van der Waals surface area contributed by atoms with E-state index in [4.69, 9.17) is 9.84 Å². The first-order valence-corrected chi connectivity index (χ1v) is 10.9. The monoisotopic (exact) mass is 427 g/mol. The van der Waals surface area contributed by atoms with Crippen LogP contribution in [-0.4, -0.2) is 16.9 Å². The van der Waals surface area contributed by atoms with E-state index in [9.17, 15) is 8.78 Å². The average Bonchev–Trinajstić information content (AvgIpc) is 3.11. The number of nitrogens with one attached hydrogen (secondary N) is 1. The topological polar surface area (TPSA) is 39.1 Å². The van der Waals surface area contributed by atoms with Crippen molar-refractivity contribution < 1.29 is 13.5 Å². The minimum absolute atomic E-state index is 0.0943. The van der Waals surface area contributed by atoms with Crippen molar-refractivity contribution in [3.63, 3.8) is 0 Å². The van der Waals surface area contributed by atoms with Crippen molar-refractivity contribution in [3.8, 4) is 0 Å². The van der Waals surface area contributed by atoms with Gasteiger partial charge in [-0.3, -0.25) is 4.68 Å². The van der Waals surface area contributed by atoms with Gasteiger partial charge in [-0.1, -0.05) is 25.1 Å². The lowest BCUT2D eigenvalue weighted by atomic mass is 10.0. The van der Waals surface area contributed by atoms with E-state index in [-0.39, 0.29) is 17.7 Å². The molecule has 3 rings (SSSR count). The highest BCUT2D eigenvalue weighted by molar-refractivity contribution is 5.76. The fraction of sp³-hybridized carbons (Fsp3) is 0.400. The summed E-state index contributed by atoms with van der Waals surface area (Å²) in [5.41, 5.74) is 3.08. The van der Waals surface area contributed by atoms with E-state index in [0.717, 1.165) is 43.5 Å². The van der Waals surface area contributed by atoms with Crippen molar-refractivity contribution in [2.45, 2.75) is 58.7 Å². The highest BCUT2D eigenvalue weighted by atomic mass is 19.1. The number of hydrogen-bond donors (Lipinski definition) is 1. The van der Waals surface area contributed by atoms with Crippen LogP contribution >= 0.6 is 0 Å². The van der Waals surface area contributed by atoms with Crippen molar-refractivity contribution >= 4 is 5.57 Å². The van der Waals surface area contributed by atoms with Gasteiger partial charge < -0.3 is 10.1 Å². The zero-order valence-electron chi connectivity index (χ0n) is 18.5. The number of methoxy groups -OCH3 is 1. The minimum Gasteiger partial charge on any atom is -0.497 e. The molecular weight excluding hydrogens is 396 g/mol. The molecule has 0 radical (unpaired) electrons. The van der Waals surface area contributed by atoms with Gasteiger partial charge in [-0.25, -0.2) is 8.78 Å². The predicted octanol–water partition coefficient (Wildman–Crippen LogP) is 6.23. The van der Waals surface area contributed by atoms with Crippen LogP contribution in [0.1, 0.15) is 62.5 Å². The average molecular weight is 428 g/mol. The van der Waals surface area contributed by atoms with E-state index in [1.807, 2.05) is 23.7 Å². The first kappa shape index (κ1) is 22.9. The van der Waals surface area contributed by atoms with Gasteiger partial charge in [-0.05, 0) is 68.5 Å². The lowest BCUT2D eigenvalue weighted by Crippen LogP contribution is -2.22. The van der Waals surface area contributed by atoms with E-state index >= 15 is 0 Å². The third-order valence-electron chi connectivity index (χ3n) is 5.46. The van der Waals surface area contributed by atoms with Crippen molar-refractivity contribution in [3.05, 3.63) is 82.9 Å². The molecule has 166 valence electrons. The Bertz CT molecular complexity index is 958. The molecule has 2 heterocycles. The molecule has 1 atom stereocenters. The second-order valence-electron chi connectivity index (χ2n) is 7.65. The summed E-state index contributed by atoms with van der Waals surface area (Å²) in [4.78, 5) is 0. The standard InChI is InChI=1S/C25H31F2N3O/c1-4-8-20(31-3)15-21(22(27)5-2)24-16-25-23(9-6-7-14-30(25)29-24)28-17-18-10-12-19(26)13-11-18/h5,8,10-13,15-16,23,28H,4,6-7,9,14,17H2,1-3H3/b20-8-,21-15+,22-5+. The Balaban J connectivity index is 1.90. The molecule has 4 nitrogen and oxygen atoms in total. The Morgan fingerprint density at radius 3 is 2.74 bits per heavy atom. The zero-order valence-corrected chi connectivity index (χ0v) is 18.5. The van der Waals surface area contributed by atoms with Crippen molar-refractivity contribution in [1.29, 1.82) is 0 Å². The molecule has 1 aliphatic heterocycles. The maximum absolute atomic E-state index is 14.8. The molecule has 0 aliphatic carbocycles. The molecule has 0 amide bonds. The zero-order chi connectivity index (χ0) is 22.2. The third kappa shape index (κ3) is 5.91. The largest absolute Gasteiger partial charge is 0.497 e. The molecule has 1 aliphatic rings. The fourth-order valence-electron chi connectivity index (χ4n) is 3.80. The summed E-state index contributed by atoms with van der Waals surface area (Å²) in [5, 5.41) is 8.31. The third-order valence-corrected chi connectivity index (χ3v) is 5.46. The molecule has 6 heteroatoms. The van der Waals surface area contributed by atoms with Gasteiger partial charge in [0.05, 0.1) is 18.5 Å². The van der Waals surface area contributed by atoms with Crippen LogP contribution in [0.25, 0.3) is 5.57 Å². The van der Waals surface area contributed by atoms with Gasteiger partial charge in [-0.15, -0.1) is 0 Å². The van der Waals surface area contributed by atoms with Crippen molar-refractivity contribution in [2.75, 3.05) is 7.11 Å². The van der Waals surface area contributed by atoms with Gasteiger partial charge in [0.15, 0.2) is 0 Å². The fourth-order valence-corrected chi connectivity index (χ4v) is 3.80. The number of nitrogens with zero attached hydrogens (tertiary/aromatic N) is 2. The number of benzene rings is 1. The molecule has 0 fully saturated rings. The molecule has 0 saturated carbocycles. The molecular formula is C25H31F2N3O. The van der Waals surface area contributed by atoms with Crippen LogP contribution in [0.2, 0.25) is 0 Å². The van der Waals surface area contributed by atoms with E-state index in [1.165, 1.54) is 18.2 Å². The number of halogens is 2. The number of aryl methyl sites for hydroxylation is 1. The van der Waals surface area contributed by atoms with Crippen LogP contribution in [0.4, 0.5) is 8.78 Å². The number of fused-ring (bicyclic) bond motifs is 1. The molecule has 1 N–H and O–H groups in total. The van der Waals surface area contributed by atoms with Gasteiger partial charge in [0.2, 0.25) is 0 Å². The molecule has 0 bridgehead atoms. The smallest absolute Gasteiger partial charge is 0.128 e. The van der Waals surface area contributed by atoms with Crippen LogP contribution < -0.4 is 5.32 Å². The quantitative estimate of drug-likeness (QED) is 0.401. The highest BCUT2D eigenvalue weighted by Crippen LogP contribution is 2.31. The van der Waals surface area contributed by atoms with Crippen LogP contribution in [-0.2, 0) is 17.8 Å². The molecule has 1 aromatic heterocycles. The summed E-state index contributed by atoms with van der Waals surface area (Å²) in [7, 11) is 1.58. The number of rotatable bonds is 8. The number of hydrogen-bond acceptors (Lipinski definition) is 3. The first-order chi connectivity index (χ1) is 15.0. The maximum Gasteiger partial charge on any atom is 0.128 e. The van der Waals surface area contributed by atoms with E-state index < -0.39 is 0 Å². The van der Waals surface area contributed by atoms with Crippen molar-refractivity contribution in [1.82, 2.24) is 15.1 Å². The molecule has 0 spiro atoms. The summed E-state index contributed by atoms with van der Waals surface area (Å²) in [6, 6.07) is 8.59. The number of aromatic nitrogens is 2. The molecule has 0 saturated heterocycles. The maximum atomic E-state index is 14.8. The van der Waals surface area contributed by atoms with Crippen LogP contribution in [0.15, 0.2) is 60.1 Å². The summed E-state index contributed by atoms with van der Waals surface area (Å²) in [5.74, 6) is 0.0469. The van der Waals surface area contributed by atoms with E-state index in [2.05, 4.69) is 5.32 Å². The van der Waals surface area contributed by atoms with Gasteiger partial charge in [0.25, 0.3) is 0 Å². The van der Waals surface area contributed by atoms with Crippen LogP contribution in [0.3, 0.4) is 0 Å². The molecule has 1 aromatic carbocycles. The second kappa shape index (κ2) is 11.0. The Hall–Kier alpha value is -2.73. The molecule has 1 unspecified atom stereocenters. The summed E-state index contributed by atoms with van der Waals surface area (Å²) in [6.07, 6.45) is 8.93. The first-order valence-electron chi connectivity index (χ1n) is 10.9. The highest BCUT2D eigenvalue weighted by Gasteiger charge is 2.23. The Morgan fingerprint density at radius 2 is 2.06 bits per heavy atom. The van der Waals surface area contributed by atoms with E-state index in [1.54, 1.807) is 32.2 Å². The SMILES string of the molecule is C\C=C(F)/C(=C\C(=C\CC)OC)c1cc2n(n1)CCCCC2NCc1ccc(F)cc1. The van der Waals surface area contributed by atoms with Crippen LogP contribution in [0, 0.1) is 5.82 Å². The van der Waals surface area contributed by atoms with Crippen LogP contribution in [0.5, 0.6) is 0 Å². The number of ether oxygens (including phenoxy) is 1. The van der Waals surface area contributed by atoms with Crippen molar-refractivity contribution in [2.24, 2.45) is 0 Å². The number of allylic oxidation sites excluding steroid dienone is 5. The lowest BCUT2D eigenvalue weighted by Gasteiger charge is -2.17. The predicted molar refractivity (Wildman–Crippen MR) is 120 cm³/mol. The lowest BCUT2D eigenvalue weighted by molar-refractivity contribution is 0.305. The van der Waals surface area contributed by atoms with Gasteiger partial charge in [0.1, 0.15) is 17.4 Å². The summed E-state index contributed by atoms with van der Waals surface area (Å²) in [6.45, 7) is 5.11. The Morgan fingerprint density at radius 1 is 1.29 bits per heavy atom. The second-order valence-corrected chi connectivity index (χ2v) is 7.65. The Labute approximate surface area is 183 Å². The Kier molecular flexibility index (Phi) is 8.18. The van der Waals surface area contributed by atoms with Gasteiger partial charge >= 0.3 is 0 Å². The summed E-state index contributed by atoms with van der Waals surface area (Å²) >= 11 is 0. The molecule has 2 aromatic rings. The molecule has 31 heavy (non-hydrogen) atoms.